The molecule has 0 aliphatic heterocycles. The Labute approximate surface area is 94.5 Å². The molecule has 1 rings (SSSR count). The molecule has 6 heteroatoms. The van der Waals surface area contributed by atoms with Crippen molar-refractivity contribution < 1.29 is 0 Å². The van der Waals surface area contributed by atoms with Gasteiger partial charge in [0.15, 0.2) is 0 Å². The van der Waals surface area contributed by atoms with Crippen molar-refractivity contribution in [2.24, 2.45) is 0 Å². The van der Waals surface area contributed by atoms with E-state index in [2.05, 4.69) is 4.98 Å². The van der Waals surface area contributed by atoms with Crippen LogP contribution in [-0.4, -0.2) is 4.98 Å². The van der Waals surface area contributed by atoms with Crippen molar-refractivity contribution in [2.75, 3.05) is 0 Å². The minimum atomic E-state index is -1.57. The van der Waals surface area contributed by atoms with Gasteiger partial charge in [0, 0.05) is 11.8 Å². The van der Waals surface area contributed by atoms with Crippen LogP contribution < -0.4 is 0 Å². The van der Waals surface area contributed by atoms with Crippen LogP contribution in [0.4, 0.5) is 0 Å². The van der Waals surface area contributed by atoms with Crippen LogP contribution in [0.5, 0.6) is 0 Å². The molecule has 0 atom stereocenters. The van der Waals surface area contributed by atoms with Gasteiger partial charge in [-0.3, -0.25) is 0 Å². The van der Waals surface area contributed by atoms with E-state index in [0.29, 0.717) is 5.56 Å². The van der Waals surface area contributed by atoms with Crippen LogP contribution in [0, 0.1) is 0 Å². The molecular formula is C6H2Cl5N. The van der Waals surface area contributed by atoms with Crippen LogP contribution in [0.1, 0.15) is 5.56 Å². The Kier molecular flexibility index (Phi) is 3.35. The molecule has 0 bridgehead atoms. The molecule has 0 aliphatic rings. The zero-order valence-electron chi connectivity index (χ0n) is 5.49. The monoisotopic (exact) mass is 263 g/mol. The lowest BCUT2D eigenvalue weighted by atomic mass is 10.3. The van der Waals surface area contributed by atoms with Crippen molar-refractivity contribution in [2.45, 2.75) is 3.79 Å². The molecule has 0 amide bonds. The normalized spacial score (nSPS) is 11.8. The largest absolute Gasteiger partial charge is 0.243 e. The third kappa shape index (κ3) is 2.54. The highest BCUT2D eigenvalue weighted by Crippen LogP contribution is 2.42. The molecule has 0 saturated carbocycles. The van der Waals surface area contributed by atoms with Gasteiger partial charge in [0.2, 0.25) is 3.79 Å². The first-order valence-corrected chi connectivity index (χ1v) is 4.68. The van der Waals surface area contributed by atoms with E-state index in [1.54, 1.807) is 0 Å². The molecular weight excluding hydrogens is 263 g/mol. The Hall–Kier alpha value is 0.600. The summed E-state index contributed by atoms with van der Waals surface area (Å²) in [5, 5.41) is 0.514. The van der Waals surface area contributed by atoms with E-state index in [9.17, 15) is 0 Å². The van der Waals surface area contributed by atoms with Gasteiger partial charge in [-0.15, -0.1) is 0 Å². The first-order valence-electron chi connectivity index (χ1n) is 2.79. The lowest BCUT2D eigenvalue weighted by molar-refractivity contribution is 1.19. The Bertz CT molecular complexity index is 292. The SMILES string of the molecule is Clc1cc(C(Cl)(Cl)Cl)c(Cl)cn1. The average Bonchev–Trinajstić information content (AvgIpc) is 1.92. The highest BCUT2D eigenvalue weighted by Gasteiger charge is 2.26. The molecule has 1 aromatic rings. The summed E-state index contributed by atoms with van der Waals surface area (Å²) >= 11 is 28.1. The minimum Gasteiger partial charge on any atom is -0.243 e. The van der Waals surface area contributed by atoms with Gasteiger partial charge in [-0.25, -0.2) is 4.98 Å². The number of alkyl halides is 3. The maximum absolute atomic E-state index is 5.71. The first-order chi connectivity index (χ1) is 5.41. The number of aromatic nitrogens is 1. The number of hydrogen-bond acceptors (Lipinski definition) is 1. The standard InChI is InChI=1S/C6H2Cl5N/c7-4-2-12-5(8)1-3(4)6(9,10)11/h1-2H. The molecule has 0 saturated heterocycles. The fraction of sp³-hybridized carbons (Fsp3) is 0.167. The molecule has 0 fully saturated rings. The van der Waals surface area contributed by atoms with Gasteiger partial charge < -0.3 is 0 Å². The maximum atomic E-state index is 5.71. The number of nitrogens with zero attached hydrogens (tertiary/aromatic N) is 1. The first kappa shape index (κ1) is 10.7. The van der Waals surface area contributed by atoms with Gasteiger partial charge in [-0.1, -0.05) is 58.0 Å². The van der Waals surface area contributed by atoms with Crippen LogP contribution >= 0.6 is 58.0 Å². The van der Waals surface area contributed by atoms with Gasteiger partial charge in [0.25, 0.3) is 0 Å². The molecule has 0 N–H and O–H groups in total. The average molecular weight is 265 g/mol. The molecule has 12 heavy (non-hydrogen) atoms. The summed E-state index contributed by atoms with van der Waals surface area (Å²) in [6, 6.07) is 1.41. The van der Waals surface area contributed by atoms with Crippen LogP contribution in [-0.2, 0) is 3.79 Å². The third-order valence-electron chi connectivity index (χ3n) is 1.13. The quantitative estimate of drug-likeness (QED) is 0.505. The van der Waals surface area contributed by atoms with E-state index >= 15 is 0 Å². The van der Waals surface area contributed by atoms with Crippen LogP contribution in [0.2, 0.25) is 10.2 Å². The number of halogens is 5. The van der Waals surface area contributed by atoms with Crippen LogP contribution in [0.25, 0.3) is 0 Å². The predicted molar refractivity (Wildman–Crippen MR) is 53.5 cm³/mol. The van der Waals surface area contributed by atoms with E-state index < -0.39 is 3.79 Å². The molecule has 1 heterocycles. The van der Waals surface area contributed by atoms with Crippen molar-refractivity contribution in [3.05, 3.63) is 28.0 Å². The van der Waals surface area contributed by atoms with E-state index in [1.807, 2.05) is 0 Å². The summed E-state index contributed by atoms with van der Waals surface area (Å²) in [5.74, 6) is 0. The Morgan fingerprint density at radius 1 is 1.17 bits per heavy atom. The van der Waals surface area contributed by atoms with Crippen molar-refractivity contribution >= 4 is 58.0 Å². The van der Waals surface area contributed by atoms with Crippen LogP contribution in [0.3, 0.4) is 0 Å². The van der Waals surface area contributed by atoms with Gasteiger partial charge in [0.05, 0.1) is 5.02 Å². The number of rotatable bonds is 0. The smallest absolute Gasteiger partial charge is 0.217 e. The van der Waals surface area contributed by atoms with Crippen molar-refractivity contribution in [3.63, 3.8) is 0 Å². The summed E-state index contributed by atoms with van der Waals surface area (Å²) in [7, 11) is 0. The van der Waals surface area contributed by atoms with Crippen molar-refractivity contribution in [1.29, 1.82) is 0 Å². The fourth-order valence-corrected chi connectivity index (χ4v) is 1.65. The second-order valence-corrected chi connectivity index (χ2v) is 5.06. The molecule has 0 radical (unpaired) electrons. The highest BCUT2D eigenvalue weighted by molar-refractivity contribution is 6.67. The predicted octanol–water partition coefficient (Wildman–Crippen LogP) is 4.22. The van der Waals surface area contributed by atoms with Gasteiger partial charge in [-0.2, -0.15) is 0 Å². The summed E-state index contributed by atoms with van der Waals surface area (Å²) < 4.78 is -1.57. The fourth-order valence-electron chi connectivity index (χ4n) is 0.630. The number of hydrogen-bond donors (Lipinski definition) is 0. The summed E-state index contributed by atoms with van der Waals surface area (Å²) in [4.78, 5) is 3.71. The van der Waals surface area contributed by atoms with Gasteiger partial charge >= 0.3 is 0 Å². The van der Waals surface area contributed by atoms with Gasteiger partial charge in [-0.05, 0) is 6.07 Å². The van der Waals surface area contributed by atoms with Crippen molar-refractivity contribution in [1.82, 2.24) is 4.98 Å². The van der Waals surface area contributed by atoms with E-state index in [4.69, 9.17) is 58.0 Å². The lowest BCUT2D eigenvalue weighted by Crippen LogP contribution is -2.01. The molecule has 0 aromatic carbocycles. The highest BCUT2D eigenvalue weighted by atomic mass is 35.6. The molecule has 66 valence electrons. The second kappa shape index (κ2) is 3.77. The van der Waals surface area contributed by atoms with E-state index in [0.717, 1.165) is 0 Å². The Morgan fingerprint density at radius 3 is 2.17 bits per heavy atom. The van der Waals surface area contributed by atoms with E-state index in [-0.39, 0.29) is 10.2 Å². The zero-order chi connectivity index (χ0) is 9.35. The summed E-state index contributed by atoms with van der Waals surface area (Å²) in [6.07, 6.45) is 1.33. The molecule has 0 unspecified atom stereocenters. The third-order valence-corrected chi connectivity index (χ3v) is 2.25. The maximum Gasteiger partial charge on any atom is 0.217 e. The second-order valence-electron chi connectivity index (χ2n) is 1.98. The summed E-state index contributed by atoms with van der Waals surface area (Å²) in [6.45, 7) is 0. The lowest BCUT2D eigenvalue weighted by Gasteiger charge is -2.12. The van der Waals surface area contributed by atoms with E-state index in [1.165, 1.54) is 12.3 Å². The Morgan fingerprint density at radius 2 is 1.75 bits per heavy atom. The summed E-state index contributed by atoms with van der Waals surface area (Å²) in [5.41, 5.74) is 0.328. The van der Waals surface area contributed by atoms with Gasteiger partial charge in [0.1, 0.15) is 5.15 Å². The number of pyridine rings is 1. The van der Waals surface area contributed by atoms with Crippen LogP contribution in [0.15, 0.2) is 12.3 Å². The molecule has 1 aromatic heterocycles. The molecule has 1 nitrogen and oxygen atoms in total. The Balaban J connectivity index is 3.23. The minimum absolute atomic E-state index is 0.237. The zero-order valence-corrected chi connectivity index (χ0v) is 9.27. The van der Waals surface area contributed by atoms with Crippen molar-refractivity contribution in [3.8, 4) is 0 Å². The molecule has 0 aliphatic carbocycles. The molecule has 0 spiro atoms. The topological polar surface area (TPSA) is 12.9 Å².